The lowest BCUT2D eigenvalue weighted by molar-refractivity contribution is -0.115. The number of anilines is 2. The van der Waals surface area contributed by atoms with Crippen molar-refractivity contribution in [3.8, 4) is 0 Å². The molecule has 1 heterocycles. The van der Waals surface area contributed by atoms with Gasteiger partial charge in [0.1, 0.15) is 5.82 Å². The number of rotatable bonds is 4. The van der Waals surface area contributed by atoms with Gasteiger partial charge >= 0.3 is 0 Å². The molecule has 1 fully saturated rings. The van der Waals surface area contributed by atoms with E-state index in [1.165, 1.54) is 0 Å². The van der Waals surface area contributed by atoms with Gasteiger partial charge in [-0.05, 0) is 49.4 Å². The first-order valence-corrected chi connectivity index (χ1v) is 8.32. The van der Waals surface area contributed by atoms with Crippen LogP contribution in [0.15, 0.2) is 24.3 Å². The minimum absolute atomic E-state index is 0.00424. The number of carbonyl (C=O) groups excluding carboxylic acids is 1. The molecule has 1 saturated carbocycles. The summed E-state index contributed by atoms with van der Waals surface area (Å²) >= 11 is 5.60. The molecular formula is C17H21ClN4O. The Morgan fingerprint density at radius 1 is 1.17 bits per heavy atom. The van der Waals surface area contributed by atoms with E-state index in [2.05, 4.69) is 15.3 Å². The van der Waals surface area contributed by atoms with Gasteiger partial charge in [0, 0.05) is 31.4 Å². The van der Waals surface area contributed by atoms with E-state index in [-0.39, 0.29) is 11.2 Å². The van der Waals surface area contributed by atoms with Crippen LogP contribution >= 0.6 is 11.6 Å². The smallest absolute Gasteiger partial charge is 0.225 e. The molecular weight excluding hydrogens is 312 g/mol. The Morgan fingerprint density at radius 3 is 2.52 bits per heavy atom. The molecule has 3 rings (SSSR count). The number of fused-ring (bicyclic) bond motifs is 1. The molecule has 5 nitrogen and oxygen atoms in total. The molecule has 0 spiro atoms. The first-order valence-electron chi connectivity index (χ1n) is 7.94. The molecule has 2 aromatic rings. The van der Waals surface area contributed by atoms with Crippen LogP contribution in [0.5, 0.6) is 0 Å². The number of halogens is 1. The fourth-order valence-corrected chi connectivity index (χ4v) is 3.33. The lowest BCUT2D eigenvalue weighted by Gasteiger charge is -2.27. The second-order valence-electron chi connectivity index (χ2n) is 6.28. The molecule has 0 amide bonds. The normalized spacial score (nSPS) is 21.2. The number of nitrogens with zero attached hydrogens (tertiary/aromatic N) is 3. The van der Waals surface area contributed by atoms with E-state index < -0.39 is 0 Å². The molecule has 1 aromatic carbocycles. The van der Waals surface area contributed by atoms with E-state index in [0.717, 1.165) is 42.4 Å². The number of carbonyl (C=O) groups is 1. The van der Waals surface area contributed by atoms with Gasteiger partial charge in [-0.2, -0.15) is 4.98 Å². The van der Waals surface area contributed by atoms with Crippen molar-refractivity contribution in [2.75, 3.05) is 24.3 Å². The third kappa shape index (κ3) is 3.55. The first kappa shape index (κ1) is 16.0. The topological polar surface area (TPSA) is 58.1 Å². The molecule has 1 aliphatic carbocycles. The van der Waals surface area contributed by atoms with Crippen molar-refractivity contribution >= 4 is 39.5 Å². The molecule has 6 heteroatoms. The van der Waals surface area contributed by atoms with Gasteiger partial charge in [-0.25, -0.2) is 4.98 Å². The lowest BCUT2D eigenvalue weighted by atomic mass is 9.87. The SMILES string of the molecule is CN(C)c1nc(NC2CCC(C(=O)Cl)CC2)nc2ccccc12. The first-order chi connectivity index (χ1) is 11.0. The van der Waals surface area contributed by atoms with E-state index in [1.54, 1.807) is 0 Å². The van der Waals surface area contributed by atoms with Gasteiger partial charge in [-0.3, -0.25) is 4.79 Å². The maximum Gasteiger partial charge on any atom is 0.225 e. The third-order valence-corrected chi connectivity index (χ3v) is 4.70. The summed E-state index contributed by atoms with van der Waals surface area (Å²) in [6, 6.07) is 8.30. The summed E-state index contributed by atoms with van der Waals surface area (Å²) in [7, 11) is 3.96. The van der Waals surface area contributed by atoms with E-state index in [1.807, 2.05) is 43.3 Å². The van der Waals surface area contributed by atoms with Crippen LogP contribution in [0.25, 0.3) is 10.9 Å². The van der Waals surface area contributed by atoms with Gasteiger partial charge in [0.2, 0.25) is 11.2 Å². The number of aromatic nitrogens is 2. The third-order valence-electron chi connectivity index (χ3n) is 4.39. The van der Waals surface area contributed by atoms with Crippen molar-refractivity contribution in [3.63, 3.8) is 0 Å². The molecule has 23 heavy (non-hydrogen) atoms. The Bertz CT molecular complexity index is 711. The highest BCUT2D eigenvalue weighted by Crippen LogP contribution is 2.29. The zero-order valence-corrected chi connectivity index (χ0v) is 14.2. The number of benzene rings is 1. The van der Waals surface area contributed by atoms with Gasteiger partial charge in [0.15, 0.2) is 0 Å². The monoisotopic (exact) mass is 332 g/mol. The number of hydrogen-bond donors (Lipinski definition) is 1. The lowest BCUT2D eigenvalue weighted by Crippen LogP contribution is -2.29. The van der Waals surface area contributed by atoms with Crippen LogP contribution in [-0.4, -0.2) is 35.3 Å². The van der Waals surface area contributed by atoms with Gasteiger partial charge in [0.05, 0.1) is 5.52 Å². The molecule has 0 atom stereocenters. The van der Waals surface area contributed by atoms with Crippen molar-refractivity contribution < 1.29 is 4.79 Å². The second-order valence-corrected chi connectivity index (χ2v) is 6.65. The molecule has 1 aromatic heterocycles. The predicted molar refractivity (Wildman–Crippen MR) is 94.1 cm³/mol. The molecule has 0 saturated heterocycles. The molecule has 0 radical (unpaired) electrons. The van der Waals surface area contributed by atoms with Gasteiger partial charge in [0.25, 0.3) is 0 Å². The van der Waals surface area contributed by atoms with Crippen molar-refractivity contribution in [2.24, 2.45) is 5.92 Å². The van der Waals surface area contributed by atoms with E-state index in [4.69, 9.17) is 11.6 Å². The van der Waals surface area contributed by atoms with Crippen molar-refractivity contribution in [2.45, 2.75) is 31.7 Å². The van der Waals surface area contributed by atoms with Crippen molar-refractivity contribution in [1.82, 2.24) is 9.97 Å². The molecule has 1 N–H and O–H groups in total. The summed E-state index contributed by atoms with van der Waals surface area (Å²) in [6.45, 7) is 0. The number of para-hydroxylation sites is 1. The number of hydrogen-bond acceptors (Lipinski definition) is 5. The molecule has 0 bridgehead atoms. The Kier molecular flexibility index (Phi) is 4.66. The fraction of sp³-hybridized carbons (Fsp3) is 0.471. The predicted octanol–water partition coefficient (Wildman–Crippen LogP) is 3.43. The minimum Gasteiger partial charge on any atom is -0.362 e. The average Bonchev–Trinajstić information content (AvgIpc) is 2.54. The zero-order chi connectivity index (χ0) is 16.4. The maximum atomic E-state index is 11.2. The summed E-state index contributed by atoms with van der Waals surface area (Å²) in [5.41, 5.74) is 0.929. The van der Waals surface area contributed by atoms with Crippen LogP contribution in [0.2, 0.25) is 0 Å². The second kappa shape index (κ2) is 6.71. The highest BCUT2D eigenvalue weighted by molar-refractivity contribution is 6.63. The summed E-state index contributed by atoms with van der Waals surface area (Å²) < 4.78 is 0. The highest BCUT2D eigenvalue weighted by Gasteiger charge is 2.25. The minimum atomic E-state index is -0.208. The molecule has 1 aliphatic rings. The Hall–Kier alpha value is -1.88. The fourth-order valence-electron chi connectivity index (χ4n) is 3.11. The van der Waals surface area contributed by atoms with Gasteiger partial charge in [-0.1, -0.05) is 12.1 Å². The quantitative estimate of drug-likeness (QED) is 0.869. The molecule has 122 valence electrons. The Morgan fingerprint density at radius 2 is 1.87 bits per heavy atom. The largest absolute Gasteiger partial charge is 0.362 e. The summed E-state index contributed by atoms with van der Waals surface area (Å²) in [4.78, 5) is 22.5. The van der Waals surface area contributed by atoms with Crippen LogP contribution in [0.3, 0.4) is 0 Å². The molecule has 0 aliphatic heterocycles. The van der Waals surface area contributed by atoms with Crippen LogP contribution in [-0.2, 0) is 4.79 Å². The summed E-state index contributed by atoms with van der Waals surface area (Å²) in [6.07, 6.45) is 3.48. The zero-order valence-electron chi connectivity index (χ0n) is 13.4. The van der Waals surface area contributed by atoms with Crippen LogP contribution in [0.4, 0.5) is 11.8 Å². The van der Waals surface area contributed by atoms with Crippen molar-refractivity contribution in [3.05, 3.63) is 24.3 Å². The van der Waals surface area contributed by atoms with E-state index in [9.17, 15) is 4.79 Å². The number of nitrogens with one attached hydrogen (secondary N) is 1. The standard InChI is InChI=1S/C17H21ClN4O/c1-22(2)16-13-5-3-4-6-14(13)20-17(21-16)19-12-9-7-11(8-10-12)15(18)23/h3-6,11-12H,7-10H2,1-2H3,(H,19,20,21). The van der Waals surface area contributed by atoms with E-state index >= 15 is 0 Å². The summed E-state index contributed by atoms with van der Waals surface area (Å²) in [5, 5.41) is 4.26. The maximum absolute atomic E-state index is 11.2. The highest BCUT2D eigenvalue weighted by atomic mass is 35.5. The average molecular weight is 333 g/mol. The Balaban J connectivity index is 1.80. The van der Waals surface area contributed by atoms with Crippen LogP contribution in [0.1, 0.15) is 25.7 Å². The van der Waals surface area contributed by atoms with Gasteiger partial charge in [-0.15, -0.1) is 0 Å². The Labute approximate surface area is 141 Å². The van der Waals surface area contributed by atoms with E-state index in [0.29, 0.717) is 12.0 Å². The van der Waals surface area contributed by atoms with Gasteiger partial charge < -0.3 is 10.2 Å². The van der Waals surface area contributed by atoms with Crippen LogP contribution < -0.4 is 10.2 Å². The van der Waals surface area contributed by atoms with Crippen LogP contribution in [0, 0.1) is 5.92 Å². The summed E-state index contributed by atoms with van der Waals surface area (Å²) in [5.74, 6) is 1.56. The van der Waals surface area contributed by atoms with Crippen molar-refractivity contribution in [1.29, 1.82) is 0 Å². The molecule has 0 unspecified atom stereocenters.